The van der Waals surface area contributed by atoms with E-state index in [-0.39, 0.29) is 11.9 Å². The number of thiophene rings is 1. The SMILES string of the molecule is Cc1ccccc1[C@H](CC(=O)NCc1cccs1)n1cccc1. The molecule has 0 bridgehead atoms. The molecule has 0 aliphatic heterocycles. The zero-order valence-corrected chi connectivity index (χ0v) is 13.9. The normalized spacial score (nSPS) is 12.0. The Kier molecular flexibility index (Phi) is 4.93. The van der Waals surface area contributed by atoms with Gasteiger partial charge in [-0.05, 0) is 41.6 Å². The van der Waals surface area contributed by atoms with Crippen molar-refractivity contribution in [3.05, 3.63) is 82.3 Å². The number of hydrogen-bond donors (Lipinski definition) is 1. The van der Waals surface area contributed by atoms with E-state index in [1.807, 2.05) is 54.2 Å². The fraction of sp³-hybridized carbons (Fsp3) is 0.211. The van der Waals surface area contributed by atoms with Gasteiger partial charge in [0.2, 0.25) is 5.91 Å². The molecular weight excluding hydrogens is 304 g/mol. The van der Waals surface area contributed by atoms with Gasteiger partial charge in [-0.2, -0.15) is 0 Å². The minimum absolute atomic E-state index is 0.0227. The molecule has 0 aliphatic rings. The molecule has 0 fully saturated rings. The van der Waals surface area contributed by atoms with Crippen LogP contribution < -0.4 is 5.32 Å². The number of hydrogen-bond acceptors (Lipinski definition) is 2. The van der Waals surface area contributed by atoms with Crippen LogP contribution in [-0.2, 0) is 11.3 Å². The van der Waals surface area contributed by atoms with Gasteiger partial charge in [0, 0.05) is 17.3 Å². The Hall–Kier alpha value is -2.33. The lowest BCUT2D eigenvalue weighted by atomic mass is 9.98. The van der Waals surface area contributed by atoms with Crippen molar-refractivity contribution in [1.82, 2.24) is 9.88 Å². The summed E-state index contributed by atoms with van der Waals surface area (Å²) in [5.41, 5.74) is 2.40. The number of aryl methyl sites for hydroxylation is 1. The molecule has 0 aliphatic carbocycles. The first-order valence-corrected chi connectivity index (χ1v) is 8.59. The molecular formula is C19H20N2OS. The Labute approximate surface area is 140 Å². The first kappa shape index (κ1) is 15.6. The lowest BCUT2D eigenvalue weighted by molar-refractivity contribution is -0.121. The maximum Gasteiger partial charge on any atom is 0.222 e. The van der Waals surface area contributed by atoms with E-state index in [1.165, 1.54) is 16.0 Å². The summed E-state index contributed by atoms with van der Waals surface area (Å²) in [6.07, 6.45) is 4.47. The molecule has 2 aromatic heterocycles. The lowest BCUT2D eigenvalue weighted by Crippen LogP contribution is -2.26. The summed E-state index contributed by atoms with van der Waals surface area (Å²) in [4.78, 5) is 13.6. The molecule has 0 spiro atoms. The molecule has 4 heteroatoms. The van der Waals surface area contributed by atoms with Gasteiger partial charge in [0.05, 0.1) is 19.0 Å². The minimum Gasteiger partial charge on any atom is -0.351 e. The molecule has 0 unspecified atom stereocenters. The maximum absolute atomic E-state index is 12.4. The number of rotatable bonds is 6. The van der Waals surface area contributed by atoms with Crippen LogP contribution in [0.2, 0.25) is 0 Å². The fourth-order valence-corrected chi connectivity index (χ4v) is 3.38. The van der Waals surface area contributed by atoms with Gasteiger partial charge in [-0.15, -0.1) is 11.3 Å². The number of nitrogens with zero attached hydrogens (tertiary/aromatic N) is 1. The quantitative estimate of drug-likeness (QED) is 0.726. The highest BCUT2D eigenvalue weighted by Crippen LogP contribution is 2.25. The second-order valence-corrected chi connectivity index (χ2v) is 6.60. The average molecular weight is 324 g/mol. The van der Waals surface area contributed by atoms with E-state index in [2.05, 4.69) is 28.9 Å². The van der Waals surface area contributed by atoms with Gasteiger partial charge in [-0.25, -0.2) is 0 Å². The predicted octanol–water partition coefficient (Wildman–Crippen LogP) is 4.15. The Morgan fingerprint density at radius 1 is 1.13 bits per heavy atom. The number of nitrogens with one attached hydrogen (secondary N) is 1. The van der Waals surface area contributed by atoms with Crippen molar-refractivity contribution in [3.63, 3.8) is 0 Å². The van der Waals surface area contributed by atoms with Crippen molar-refractivity contribution in [2.24, 2.45) is 0 Å². The third kappa shape index (κ3) is 3.90. The second-order valence-electron chi connectivity index (χ2n) is 5.56. The van der Waals surface area contributed by atoms with Gasteiger partial charge in [-0.3, -0.25) is 4.79 Å². The van der Waals surface area contributed by atoms with Crippen LogP contribution in [0.25, 0.3) is 0 Å². The van der Waals surface area contributed by atoms with E-state index < -0.39 is 0 Å². The van der Waals surface area contributed by atoms with Crippen LogP contribution in [-0.4, -0.2) is 10.5 Å². The molecule has 2 heterocycles. The van der Waals surface area contributed by atoms with Crippen LogP contribution in [0.15, 0.2) is 66.3 Å². The van der Waals surface area contributed by atoms with Crippen molar-refractivity contribution in [2.45, 2.75) is 25.9 Å². The van der Waals surface area contributed by atoms with Crippen LogP contribution in [0.4, 0.5) is 0 Å². The summed E-state index contributed by atoms with van der Waals surface area (Å²) in [6, 6.07) is 16.3. The molecule has 0 saturated carbocycles. The predicted molar refractivity (Wildman–Crippen MR) is 94.5 cm³/mol. The molecule has 3 aromatic rings. The summed E-state index contributed by atoms with van der Waals surface area (Å²) in [5, 5.41) is 5.05. The molecule has 118 valence electrons. The summed E-state index contributed by atoms with van der Waals surface area (Å²) in [7, 11) is 0. The van der Waals surface area contributed by atoms with Crippen LogP contribution in [0.5, 0.6) is 0 Å². The summed E-state index contributed by atoms with van der Waals surface area (Å²) in [6.45, 7) is 2.69. The molecule has 1 amide bonds. The molecule has 0 saturated heterocycles. The van der Waals surface area contributed by atoms with Crippen molar-refractivity contribution in [2.75, 3.05) is 0 Å². The van der Waals surface area contributed by atoms with E-state index in [4.69, 9.17) is 0 Å². The number of carbonyl (C=O) groups is 1. The highest BCUT2D eigenvalue weighted by atomic mass is 32.1. The van der Waals surface area contributed by atoms with Gasteiger partial charge in [0.25, 0.3) is 0 Å². The second kappa shape index (κ2) is 7.29. The van der Waals surface area contributed by atoms with E-state index in [9.17, 15) is 4.79 Å². The summed E-state index contributed by atoms with van der Waals surface area (Å²) >= 11 is 1.66. The van der Waals surface area contributed by atoms with E-state index in [0.717, 1.165) is 0 Å². The topological polar surface area (TPSA) is 34.0 Å². The summed E-state index contributed by atoms with van der Waals surface area (Å²) in [5.74, 6) is 0.0698. The zero-order chi connectivity index (χ0) is 16.1. The number of benzene rings is 1. The Bertz CT molecular complexity index is 748. The molecule has 1 aromatic carbocycles. The molecule has 3 rings (SSSR count). The fourth-order valence-electron chi connectivity index (χ4n) is 2.74. The number of carbonyl (C=O) groups excluding carboxylic acids is 1. The van der Waals surface area contributed by atoms with E-state index >= 15 is 0 Å². The molecule has 0 radical (unpaired) electrons. The molecule has 3 nitrogen and oxygen atoms in total. The first-order valence-electron chi connectivity index (χ1n) is 7.71. The number of amides is 1. The van der Waals surface area contributed by atoms with Gasteiger partial charge in [-0.1, -0.05) is 30.3 Å². The van der Waals surface area contributed by atoms with Crippen molar-refractivity contribution >= 4 is 17.2 Å². The van der Waals surface area contributed by atoms with Crippen LogP contribution in [0.3, 0.4) is 0 Å². The highest BCUT2D eigenvalue weighted by molar-refractivity contribution is 7.09. The highest BCUT2D eigenvalue weighted by Gasteiger charge is 2.18. The lowest BCUT2D eigenvalue weighted by Gasteiger charge is -2.21. The summed E-state index contributed by atoms with van der Waals surface area (Å²) < 4.78 is 2.10. The van der Waals surface area contributed by atoms with E-state index in [1.54, 1.807) is 11.3 Å². The minimum atomic E-state index is 0.0227. The van der Waals surface area contributed by atoms with Crippen LogP contribution >= 0.6 is 11.3 Å². The zero-order valence-electron chi connectivity index (χ0n) is 13.1. The third-order valence-electron chi connectivity index (χ3n) is 3.95. The average Bonchev–Trinajstić information content (AvgIpc) is 3.25. The molecule has 1 N–H and O–H groups in total. The standard InChI is InChI=1S/C19H20N2OS/c1-15-7-2-3-9-17(15)18(21-10-4-5-11-21)13-19(22)20-14-16-8-6-12-23-16/h2-12,18H,13-14H2,1H3,(H,20,22)/t18-/m0/s1. The van der Waals surface area contributed by atoms with Gasteiger partial charge >= 0.3 is 0 Å². The van der Waals surface area contributed by atoms with Crippen molar-refractivity contribution in [1.29, 1.82) is 0 Å². The smallest absolute Gasteiger partial charge is 0.222 e. The molecule has 23 heavy (non-hydrogen) atoms. The third-order valence-corrected chi connectivity index (χ3v) is 4.83. The van der Waals surface area contributed by atoms with Gasteiger partial charge < -0.3 is 9.88 Å². The largest absolute Gasteiger partial charge is 0.351 e. The van der Waals surface area contributed by atoms with Crippen molar-refractivity contribution in [3.8, 4) is 0 Å². The maximum atomic E-state index is 12.4. The first-order chi connectivity index (χ1) is 11.2. The Balaban J connectivity index is 1.74. The number of aromatic nitrogens is 1. The Morgan fingerprint density at radius 2 is 1.91 bits per heavy atom. The van der Waals surface area contributed by atoms with Gasteiger partial charge in [0.1, 0.15) is 0 Å². The Morgan fingerprint density at radius 3 is 2.61 bits per heavy atom. The van der Waals surface area contributed by atoms with Crippen LogP contribution in [0, 0.1) is 6.92 Å². The van der Waals surface area contributed by atoms with Gasteiger partial charge in [0.15, 0.2) is 0 Å². The van der Waals surface area contributed by atoms with Crippen molar-refractivity contribution < 1.29 is 4.79 Å². The monoisotopic (exact) mass is 324 g/mol. The molecule has 1 atom stereocenters. The van der Waals surface area contributed by atoms with E-state index in [0.29, 0.717) is 13.0 Å². The van der Waals surface area contributed by atoms with Crippen LogP contribution in [0.1, 0.15) is 28.5 Å².